The van der Waals surface area contributed by atoms with Crippen LogP contribution in [0.15, 0.2) is 35.5 Å². The molecule has 0 atom stereocenters. The van der Waals surface area contributed by atoms with Gasteiger partial charge >= 0.3 is 5.97 Å². The molecule has 1 heterocycles. The van der Waals surface area contributed by atoms with Gasteiger partial charge in [0.05, 0.1) is 5.75 Å². The maximum absolute atomic E-state index is 12.2. The van der Waals surface area contributed by atoms with Crippen LogP contribution in [-0.4, -0.2) is 46.3 Å². The zero-order valence-corrected chi connectivity index (χ0v) is 16.6. The van der Waals surface area contributed by atoms with Crippen molar-refractivity contribution in [1.29, 1.82) is 0 Å². The van der Waals surface area contributed by atoms with Gasteiger partial charge in [-0.3, -0.25) is 4.79 Å². The van der Waals surface area contributed by atoms with E-state index < -0.39 is 0 Å². The summed E-state index contributed by atoms with van der Waals surface area (Å²) in [6, 6.07) is 9.98. The molecule has 3 rings (SSSR count). The van der Waals surface area contributed by atoms with E-state index in [4.69, 9.17) is 9.47 Å². The van der Waals surface area contributed by atoms with Gasteiger partial charge < -0.3 is 14.0 Å². The van der Waals surface area contributed by atoms with Crippen molar-refractivity contribution in [2.45, 2.75) is 56.3 Å². The lowest BCUT2D eigenvalue weighted by atomic mass is 9.98. The Hall–Kier alpha value is -1.86. The first kappa shape index (κ1) is 19.9. The Labute approximate surface area is 164 Å². The molecule has 0 amide bonds. The number of carbonyl (C=O) groups is 1. The Bertz CT molecular complexity index is 715. The Morgan fingerprint density at radius 3 is 2.70 bits per heavy atom. The monoisotopic (exact) mass is 389 g/mol. The number of rotatable bonds is 9. The van der Waals surface area contributed by atoms with Crippen LogP contribution in [0.1, 0.15) is 38.5 Å². The highest BCUT2D eigenvalue weighted by Crippen LogP contribution is 2.25. The van der Waals surface area contributed by atoms with Crippen LogP contribution in [0.2, 0.25) is 0 Å². The highest BCUT2D eigenvalue weighted by molar-refractivity contribution is 7.99. The third-order valence-electron chi connectivity index (χ3n) is 4.65. The number of thioether (sulfide) groups is 1. The minimum absolute atomic E-state index is 0.0892. The van der Waals surface area contributed by atoms with Gasteiger partial charge in [-0.2, -0.15) is 0 Å². The lowest BCUT2D eigenvalue weighted by Crippen LogP contribution is -2.22. The molecule has 2 aromatic rings. The van der Waals surface area contributed by atoms with Gasteiger partial charge in [-0.05, 0) is 32.1 Å². The lowest BCUT2D eigenvalue weighted by molar-refractivity contribution is -0.147. The molecule has 1 aromatic carbocycles. The fourth-order valence-corrected chi connectivity index (χ4v) is 4.04. The van der Waals surface area contributed by atoms with Crippen LogP contribution >= 0.6 is 11.8 Å². The summed E-state index contributed by atoms with van der Waals surface area (Å²) in [5.74, 6) is 0.905. The summed E-state index contributed by atoms with van der Waals surface area (Å²) in [6.07, 6.45) is 6.47. The zero-order valence-electron chi connectivity index (χ0n) is 15.8. The molecule has 0 saturated heterocycles. The van der Waals surface area contributed by atoms with Crippen molar-refractivity contribution < 1.29 is 14.3 Å². The maximum atomic E-state index is 12.2. The summed E-state index contributed by atoms with van der Waals surface area (Å²) < 4.78 is 12.8. The molecule has 7 heteroatoms. The molecule has 27 heavy (non-hydrogen) atoms. The SMILES string of the molecule is COCCCn1c(SCC(=O)OC2CCCCC2)nnc1-c1ccccc1. The highest BCUT2D eigenvalue weighted by atomic mass is 32.2. The van der Waals surface area contributed by atoms with E-state index in [2.05, 4.69) is 14.8 Å². The predicted octanol–water partition coefficient (Wildman–Crippen LogP) is 3.95. The molecule has 0 unspecified atom stereocenters. The molecular weight excluding hydrogens is 362 g/mol. The van der Waals surface area contributed by atoms with Gasteiger partial charge in [0.15, 0.2) is 11.0 Å². The molecular formula is C20H27N3O3S. The lowest BCUT2D eigenvalue weighted by Gasteiger charge is -2.21. The molecule has 1 fully saturated rings. The third kappa shape index (κ3) is 5.81. The Balaban J connectivity index is 1.64. The number of benzene rings is 1. The molecule has 146 valence electrons. The Morgan fingerprint density at radius 1 is 1.19 bits per heavy atom. The van der Waals surface area contributed by atoms with Crippen molar-refractivity contribution in [2.24, 2.45) is 0 Å². The Kier molecular flexibility index (Phi) is 7.71. The van der Waals surface area contributed by atoms with E-state index in [1.54, 1.807) is 7.11 Å². The second kappa shape index (κ2) is 10.5. The number of hydrogen-bond donors (Lipinski definition) is 0. The maximum Gasteiger partial charge on any atom is 0.316 e. The largest absolute Gasteiger partial charge is 0.462 e. The standard InChI is InChI=1S/C20H27N3O3S/c1-25-14-8-13-23-19(16-9-4-2-5-10-16)21-22-20(23)27-15-18(24)26-17-11-6-3-7-12-17/h2,4-5,9-10,17H,3,6-8,11-15H2,1H3. The van der Waals surface area contributed by atoms with Crippen molar-refractivity contribution >= 4 is 17.7 Å². The fourth-order valence-electron chi connectivity index (χ4n) is 3.29. The number of aromatic nitrogens is 3. The van der Waals surface area contributed by atoms with Crippen LogP contribution in [0, 0.1) is 0 Å². The summed E-state index contributed by atoms with van der Waals surface area (Å²) in [5.41, 5.74) is 1.01. The predicted molar refractivity (Wildman–Crippen MR) is 106 cm³/mol. The molecule has 0 N–H and O–H groups in total. The molecule has 0 radical (unpaired) electrons. The minimum Gasteiger partial charge on any atom is -0.462 e. The zero-order chi connectivity index (χ0) is 18.9. The summed E-state index contributed by atoms with van der Waals surface area (Å²) in [4.78, 5) is 12.2. The van der Waals surface area contributed by atoms with E-state index in [0.29, 0.717) is 6.61 Å². The average molecular weight is 390 g/mol. The summed E-state index contributed by atoms with van der Waals surface area (Å²) >= 11 is 1.39. The van der Waals surface area contributed by atoms with Crippen LogP contribution < -0.4 is 0 Å². The molecule has 0 spiro atoms. The normalized spacial score (nSPS) is 15.0. The first-order valence-corrected chi connectivity index (χ1v) is 10.6. The topological polar surface area (TPSA) is 66.2 Å². The van der Waals surface area contributed by atoms with Gasteiger partial charge in [0, 0.05) is 25.8 Å². The molecule has 0 aliphatic heterocycles. The number of esters is 1. The van der Waals surface area contributed by atoms with Crippen LogP contribution in [-0.2, 0) is 20.8 Å². The van der Waals surface area contributed by atoms with Crippen LogP contribution in [0.25, 0.3) is 11.4 Å². The number of methoxy groups -OCH3 is 1. The minimum atomic E-state index is -0.167. The van der Waals surface area contributed by atoms with Crippen molar-refractivity contribution in [2.75, 3.05) is 19.5 Å². The highest BCUT2D eigenvalue weighted by Gasteiger charge is 2.20. The van der Waals surface area contributed by atoms with Gasteiger partial charge in [-0.25, -0.2) is 0 Å². The first-order valence-electron chi connectivity index (χ1n) is 9.58. The van der Waals surface area contributed by atoms with Gasteiger partial charge in [0.2, 0.25) is 0 Å². The van der Waals surface area contributed by atoms with Crippen LogP contribution in [0.4, 0.5) is 0 Å². The molecule has 1 aliphatic rings. The number of carbonyl (C=O) groups excluding carboxylic acids is 1. The average Bonchev–Trinajstić information content (AvgIpc) is 3.11. The second-order valence-corrected chi connectivity index (χ2v) is 7.65. The van der Waals surface area contributed by atoms with Crippen molar-refractivity contribution in [3.63, 3.8) is 0 Å². The molecule has 1 aromatic heterocycles. The van der Waals surface area contributed by atoms with Gasteiger partial charge in [0.25, 0.3) is 0 Å². The van der Waals surface area contributed by atoms with Crippen molar-refractivity contribution in [3.05, 3.63) is 30.3 Å². The Morgan fingerprint density at radius 2 is 1.96 bits per heavy atom. The van der Waals surface area contributed by atoms with Crippen LogP contribution in [0.3, 0.4) is 0 Å². The quantitative estimate of drug-likeness (QED) is 0.368. The van der Waals surface area contributed by atoms with E-state index in [-0.39, 0.29) is 17.8 Å². The molecule has 1 aliphatic carbocycles. The van der Waals surface area contributed by atoms with Gasteiger partial charge in [-0.15, -0.1) is 10.2 Å². The first-order chi connectivity index (χ1) is 13.3. The van der Waals surface area contributed by atoms with E-state index in [1.807, 2.05) is 30.3 Å². The van der Waals surface area contributed by atoms with E-state index in [0.717, 1.165) is 55.2 Å². The number of hydrogen-bond acceptors (Lipinski definition) is 6. The van der Waals surface area contributed by atoms with E-state index in [1.165, 1.54) is 18.2 Å². The third-order valence-corrected chi connectivity index (χ3v) is 5.59. The van der Waals surface area contributed by atoms with Crippen molar-refractivity contribution in [3.8, 4) is 11.4 Å². The summed E-state index contributed by atoms with van der Waals surface area (Å²) in [5, 5.41) is 9.42. The van der Waals surface area contributed by atoms with E-state index in [9.17, 15) is 4.79 Å². The second-order valence-electron chi connectivity index (χ2n) is 6.71. The van der Waals surface area contributed by atoms with E-state index >= 15 is 0 Å². The number of ether oxygens (including phenoxy) is 2. The molecule has 6 nitrogen and oxygen atoms in total. The number of nitrogens with zero attached hydrogens (tertiary/aromatic N) is 3. The van der Waals surface area contributed by atoms with Gasteiger partial charge in [-0.1, -0.05) is 48.5 Å². The summed E-state index contributed by atoms with van der Waals surface area (Å²) in [7, 11) is 1.70. The summed E-state index contributed by atoms with van der Waals surface area (Å²) in [6.45, 7) is 1.41. The smallest absolute Gasteiger partial charge is 0.316 e. The van der Waals surface area contributed by atoms with Crippen molar-refractivity contribution in [1.82, 2.24) is 14.8 Å². The molecule has 1 saturated carbocycles. The van der Waals surface area contributed by atoms with Gasteiger partial charge in [0.1, 0.15) is 6.10 Å². The fraction of sp³-hybridized carbons (Fsp3) is 0.550. The van der Waals surface area contributed by atoms with Crippen LogP contribution in [0.5, 0.6) is 0 Å². The molecule has 0 bridgehead atoms.